The standard InChI is InChI=1S/C32H43ClN2O9/c1-17(2)29(37)43-25-15-26(36)35(6)21-13-20(14-22(40-7)27(21)33)12-18(3)10-9-11-24(41-8)32(39)16-23(42-30(38)34-32)19(4)28-31(25,5)44-28/h9-11,13-14,17,19,23-25,28,39H,12,15-16H2,1-8H3,(H,34,38)/b11-9+,18-10+/t19-,23?,24-,25+,28+,31+,32+/m1/s1. The molecule has 44 heavy (non-hydrogen) atoms. The summed E-state index contributed by atoms with van der Waals surface area (Å²) in [6.45, 7) is 8.95. The Labute approximate surface area is 263 Å². The first-order valence-corrected chi connectivity index (χ1v) is 15.1. The SMILES string of the molecule is COc1cc2cc(c1Cl)N(C)C(=O)C[C@H](OC(=O)C(C)C)[C@]1(C)O[C@H]1[C@H](C)C1C[C@@](O)(NC(=O)O1)[C@H](OC)/C=C/C=C(\C)C2. The lowest BCUT2D eigenvalue weighted by atomic mass is 9.83. The fraction of sp³-hybridized carbons (Fsp3) is 0.594. The summed E-state index contributed by atoms with van der Waals surface area (Å²) in [6, 6.07) is 3.63. The van der Waals surface area contributed by atoms with Crippen LogP contribution in [0.2, 0.25) is 5.02 Å². The zero-order valence-electron chi connectivity index (χ0n) is 26.5. The van der Waals surface area contributed by atoms with Crippen LogP contribution >= 0.6 is 11.6 Å². The van der Waals surface area contributed by atoms with Gasteiger partial charge in [-0.2, -0.15) is 0 Å². The molecule has 11 nitrogen and oxygen atoms in total. The van der Waals surface area contributed by atoms with Gasteiger partial charge in [-0.25, -0.2) is 4.79 Å². The number of halogens is 1. The van der Waals surface area contributed by atoms with Gasteiger partial charge in [-0.05, 0) is 38.0 Å². The van der Waals surface area contributed by atoms with Gasteiger partial charge in [0.1, 0.15) is 34.7 Å². The topological polar surface area (TPSA) is 136 Å². The van der Waals surface area contributed by atoms with Crippen molar-refractivity contribution in [3.05, 3.63) is 46.5 Å². The highest BCUT2D eigenvalue weighted by atomic mass is 35.5. The number of methoxy groups -OCH3 is 2. The smallest absolute Gasteiger partial charge is 0.409 e. The number of amides is 2. The minimum atomic E-state index is -1.77. The second-order valence-corrected chi connectivity index (χ2v) is 12.8. The largest absolute Gasteiger partial charge is 0.495 e. The van der Waals surface area contributed by atoms with Crippen molar-refractivity contribution in [3.63, 3.8) is 0 Å². The third-order valence-electron chi connectivity index (χ3n) is 8.68. The Balaban J connectivity index is 1.80. The van der Waals surface area contributed by atoms with Gasteiger partial charge in [0.15, 0.2) is 5.72 Å². The van der Waals surface area contributed by atoms with Gasteiger partial charge in [-0.1, -0.05) is 56.2 Å². The molecule has 2 amide bonds. The summed E-state index contributed by atoms with van der Waals surface area (Å²) in [4.78, 5) is 40.7. The molecule has 0 spiro atoms. The van der Waals surface area contributed by atoms with Gasteiger partial charge in [0.25, 0.3) is 0 Å². The maximum absolute atomic E-state index is 13.8. The highest BCUT2D eigenvalue weighted by Gasteiger charge is 2.64. The number of epoxide rings is 1. The maximum Gasteiger partial charge on any atom is 0.409 e. The fourth-order valence-corrected chi connectivity index (χ4v) is 6.19. The van der Waals surface area contributed by atoms with E-state index in [2.05, 4.69) is 5.32 Å². The first-order chi connectivity index (χ1) is 20.6. The number of hydrogen-bond acceptors (Lipinski definition) is 9. The van der Waals surface area contributed by atoms with Crippen molar-refractivity contribution < 1.29 is 43.2 Å². The van der Waals surface area contributed by atoms with E-state index in [1.165, 1.54) is 19.1 Å². The minimum Gasteiger partial charge on any atom is -0.495 e. The number of carbonyl (C=O) groups excluding carboxylic acids is 3. The number of esters is 1. The van der Waals surface area contributed by atoms with Crippen LogP contribution in [-0.2, 0) is 35.0 Å². The number of anilines is 1. The van der Waals surface area contributed by atoms with Crippen LogP contribution in [0.5, 0.6) is 5.75 Å². The Morgan fingerprint density at radius 2 is 1.95 bits per heavy atom. The van der Waals surface area contributed by atoms with E-state index >= 15 is 0 Å². The fourth-order valence-electron chi connectivity index (χ4n) is 5.88. The van der Waals surface area contributed by atoms with Crippen LogP contribution in [-0.4, -0.2) is 80.1 Å². The number of nitrogens with one attached hydrogen (secondary N) is 1. The van der Waals surface area contributed by atoms with Gasteiger partial charge in [-0.3, -0.25) is 14.9 Å². The van der Waals surface area contributed by atoms with Crippen LogP contribution in [0.4, 0.5) is 10.5 Å². The lowest BCUT2D eigenvalue weighted by Crippen LogP contribution is -2.63. The van der Waals surface area contributed by atoms with Gasteiger partial charge < -0.3 is 33.7 Å². The van der Waals surface area contributed by atoms with Gasteiger partial charge in [0, 0.05) is 26.5 Å². The van der Waals surface area contributed by atoms with Crippen molar-refractivity contribution in [1.29, 1.82) is 0 Å². The number of ether oxygens (including phenoxy) is 5. The normalized spacial score (nSPS) is 34.7. The van der Waals surface area contributed by atoms with Crippen LogP contribution in [0.3, 0.4) is 0 Å². The summed E-state index contributed by atoms with van der Waals surface area (Å²) in [7, 11) is 4.56. The number of alkyl carbamates (subject to hydrolysis) is 1. The molecule has 2 saturated heterocycles. The molecule has 1 aromatic rings. The summed E-state index contributed by atoms with van der Waals surface area (Å²) in [5, 5.41) is 14.4. The molecule has 3 aliphatic rings. The molecule has 7 atom stereocenters. The Morgan fingerprint density at radius 3 is 2.59 bits per heavy atom. The molecule has 4 rings (SSSR count). The number of hydrogen-bond donors (Lipinski definition) is 2. The highest BCUT2D eigenvalue weighted by Crippen LogP contribution is 2.49. The van der Waals surface area contributed by atoms with E-state index < -0.39 is 59.6 Å². The predicted molar refractivity (Wildman–Crippen MR) is 164 cm³/mol. The lowest BCUT2D eigenvalue weighted by Gasteiger charge is -2.42. The van der Waals surface area contributed by atoms with E-state index in [-0.39, 0.29) is 23.8 Å². The third kappa shape index (κ3) is 6.91. The van der Waals surface area contributed by atoms with Gasteiger partial charge in [0.2, 0.25) is 5.91 Å². The third-order valence-corrected chi connectivity index (χ3v) is 9.06. The summed E-state index contributed by atoms with van der Waals surface area (Å²) in [5.41, 5.74) is -0.587. The molecule has 4 bridgehead atoms. The Hall–Kier alpha value is -3.12. The molecule has 1 aromatic carbocycles. The molecule has 0 radical (unpaired) electrons. The average molecular weight is 635 g/mol. The molecule has 3 aliphatic heterocycles. The average Bonchev–Trinajstić information content (AvgIpc) is 3.66. The minimum absolute atomic E-state index is 0.00361. The summed E-state index contributed by atoms with van der Waals surface area (Å²) in [6.07, 6.45) is 1.65. The van der Waals surface area contributed by atoms with Crippen LogP contribution < -0.4 is 15.0 Å². The highest BCUT2D eigenvalue weighted by molar-refractivity contribution is 6.35. The van der Waals surface area contributed by atoms with Crippen LogP contribution in [0.15, 0.2) is 35.9 Å². The first kappa shape index (κ1) is 33.8. The molecule has 12 heteroatoms. The maximum atomic E-state index is 13.8. The molecule has 3 heterocycles. The van der Waals surface area contributed by atoms with Crippen molar-refractivity contribution in [2.75, 3.05) is 26.2 Å². The number of carbonyl (C=O) groups is 3. The first-order valence-electron chi connectivity index (χ1n) is 14.7. The van der Waals surface area contributed by atoms with Crippen molar-refractivity contribution in [2.45, 2.75) is 89.6 Å². The predicted octanol–water partition coefficient (Wildman–Crippen LogP) is 4.32. The van der Waals surface area contributed by atoms with E-state index in [4.69, 9.17) is 35.3 Å². The quantitative estimate of drug-likeness (QED) is 0.366. The summed E-state index contributed by atoms with van der Waals surface area (Å²) in [5.74, 6) is -1.30. The van der Waals surface area contributed by atoms with Crippen LogP contribution in [0.25, 0.3) is 0 Å². The lowest BCUT2D eigenvalue weighted by molar-refractivity contribution is -0.157. The molecule has 2 fully saturated rings. The molecule has 0 saturated carbocycles. The van der Waals surface area contributed by atoms with Crippen molar-refractivity contribution in [2.24, 2.45) is 11.8 Å². The molecule has 1 unspecified atom stereocenters. The van der Waals surface area contributed by atoms with E-state index in [0.717, 1.165) is 11.1 Å². The Morgan fingerprint density at radius 1 is 1.25 bits per heavy atom. The number of rotatable bonds is 4. The Bertz CT molecular complexity index is 1350. The van der Waals surface area contributed by atoms with E-state index in [9.17, 15) is 19.5 Å². The van der Waals surface area contributed by atoms with Crippen molar-refractivity contribution >= 4 is 35.3 Å². The zero-order valence-corrected chi connectivity index (χ0v) is 27.3. The second-order valence-electron chi connectivity index (χ2n) is 12.4. The zero-order chi connectivity index (χ0) is 32.6. The number of benzene rings is 1. The molecular weight excluding hydrogens is 592 g/mol. The van der Waals surface area contributed by atoms with Gasteiger partial charge >= 0.3 is 12.1 Å². The van der Waals surface area contributed by atoms with Crippen LogP contribution in [0.1, 0.15) is 53.0 Å². The molecule has 0 aliphatic carbocycles. The monoisotopic (exact) mass is 634 g/mol. The second kappa shape index (κ2) is 13.1. The van der Waals surface area contributed by atoms with Crippen molar-refractivity contribution in [1.82, 2.24) is 5.32 Å². The van der Waals surface area contributed by atoms with Gasteiger partial charge in [-0.15, -0.1) is 0 Å². The van der Waals surface area contributed by atoms with E-state index in [1.807, 2.05) is 32.1 Å². The molecule has 2 N–H and O–H groups in total. The summed E-state index contributed by atoms with van der Waals surface area (Å²) >= 11 is 6.68. The van der Waals surface area contributed by atoms with E-state index in [0.29, 0.717) is 17.9 Å². The summed E-state index contributed by atoms with van der Waals surface area (Å²) < 4.78 is 28.8. The number of aliphatic hydroxyl groups is 1. The number of nitrogens with zero attached hydrogens (tertiary/aromatic N) is 1. The Kier molecular flexibility index (Phi) is 10.0. The molecular formula is C32H43ClN2O9. The molecule has 242 valence electrons. The van der Waals surface area contributed by atoms with Gasteiger partial charge in [0.05, 0.1) is 31.2 Å². The van der Waals surface area contributed by atoms with E-state index in [1.54, 1.807) is 40.0 Å². The number of allylic oxidation sites excluding steroid dienone is 3. The number of fused-ring (bicyclic) bond motifs is 5. The van der Waals surface area contributed by atoms with Crippen molar-refractivity contribution in [3.8, 4) is 5.75 Å². The molecule has 0 aromatic heterocycles. The van der Waals surface area contributed by atoms with Crippen LogP contribution in [0, 0.1) is 11.8 Å².